The third-order valence-electron chi connectivity index (χ3n) is 3.83. The number of nitrogens with zero attached hydrogens (tertiary/aromatic N) is 2. The number of rotatable bonds is 6. The van der Waals surface area contributed by atoms with Gasteiger partial charge in [-0.05, 0) is 37.5 Å². The molecule has 5 heteroatoms. The molecular formula is C15H21N3O2. The van der Waals surface area contributed by atoms with Crippen LogP contribution in [-0.4, -0.2) is 27.4 Å². The lowest BCUT2D eigenvalue weighted by Crippen LogP contribution is -2.14. The number of aromatic nitrogens is 2. The summed E-state index contributed by atoms with van der Waals surface area (Å²) in [4.78, 5) is 4.49. The molecule has 1 aliphatic rings. The maximum atomic E-state index is 8.74. The molecule has 0 bridgehead atoms. The van der Waals surface area contributed by atoms with Gasteiger partial charge in [0.1, 0.15) is 6.10 Å². The topological polar surface area (TPSA) is 73.3 Å². The molecule has 1 atom stereocenters. The number of imidazole rings is 1. The first-order valence-corrected chi connectivity index (χ1v) is 7.31. The Morgan fingerprint density at radius 2 is 2.15 bits per heavy atom. The number of benzene rings is 1. The Kier molecular flexibility index (Phi) is 3.78. The van der Waals surface area contributed by atoms with Crippen molar-refractivity contribution in [1.82, 2.24) is 9.55 Å². The van der Waals surface area contributed by atoms with Crippen molar-refractivity contribution in [3.05, 3.63) is 18.2 Å². The molecule has 0 spiro atoms. The van der Waals surface area contributed by atoms with Gasteiger partial charge in [-0.1, -0.05) is 12.8 Å². The Labute approximate surface area is 118 Å². The number of fused-ring (bicyclic) bond motifs is 3. The van der Waals surface area contributed by atoms with Gasteiger partial charge in [-0.3, -0.25) is 4.57 Å². The number of nitrogen functional groups attached to an aromatic ring is 1. The molecule has 3 N–H and O–H groups in total. The first kappa shape index (κ1) is 13.2. The number of anilines is 1. The van der Waals surface area contributed by atoms with E-state index in [-0.39, 0.29) is 6.10 Å². The largest absolute Gasteiger partial charge is 0.459 e. The lowest BCUT2D eigenvalue weighted by Gasteiger charge is -2.09. The van der Waals surface area contributed by atoms with Crippen LogP contribution in [0, 0.1) is 0 Å². The number of hydrogen-bond donors (Lipinski definition) is 2. The quantitative estimate of drug-likeness (QED) is 0.627. The Hall–Kier alpha value is -1.75. The summed E-state index contributed by atoms with van der Waals surface area (Å²) in [5, 5.41) is 8.74. The minimum absolute atomic E-state index is 0.230. The number of ether oxygens (including phenoxy) is 1. The van der Waals surface area contributed by atoms with Crippen LogP contribution in [0.15, 0.2) is 18.2 Å². The normalized spacial score (nSPS) is 17.4. The van der Waals surface area contributed by atoms with Crippen molar-refractivity contribution in [1.29, 1.82) is 0 Å². The van der Waals surface area contributed by atoms with Gasteiger partial charge in [-0.2, -0.15) is 4.98 Å². The van der Waals surface area contributed by atoms with E-state index in [9.17, 15) is 0 Å². The van der Waals surface area contributed by atoms with Crippen LogP contribution in [0.1, 0.15) is 32.1 Å². The van der Waals surface area contributed by atoms with Gasteiger partial charge in [0, 0.05) is 12.3 Å². The third kappa shape index (κ3) is 2.58. The van der Waals surface area contributed by atoms with Crippen molar-refractivity contribution >= 4 is 16.7 Å². The summed E-state index contributed by atoms with van der Waals surface area (Å²) >= 11 is 0. The van der Waals surface area contributed by atoms with Gasteiger partial charge in [-0.15, -0.1) is 0 Å². The molecule has 20 heavy (non-hydrogen) atoms. The van der Waals surface area contributed by atoms with Gasteiger partial charge in [0.05, 0.1) is 17.6 Å². The summed E-state index contributed by atoms with van der Waals surface area (Å²) in [7, 11) is 0. The number of unbranched alkanes of at least 4 members (excludes halogenated alkanes) is 3. The van der Waals surface area contributed by atoms with Gasteiger partial charge >= 0.3 is 0 Å². The van der Waals surface area contributed by atoms with Gasteiger partial charge < -0.3 is 15.6 Å². The summed E-state index contributed by atoms with van der Waals surface area (Å²) in [6.45, 7) is 1.17. The van der Waals surface area contributed by atoms with E-state index in [4.69, 9.17) is 15.6 Å². The van der Waals surface area contributed by atoms with Crippen molar-refractivity contribution in [2.24, 2.45) is 0 Å². The smallest absolute Gasteiger partial charge is 0.297 e. The second kappa shape index (κ2) is 5.71. The molecule has 3 rings (SSSR count). The Balaban J connectivity index is 1.59. The minimum atomic E-state index is 0.230. The van der Waals surface area contributed by atoms with Crippen molar-refractivity contribution in [2.75, 3.05) is 12.3 Å². The molecule has 0 radical (unpaired) electrons. The summed E-state index contributed by atoms with van der Waals surface area (Å²) in [6, 6.07) is 6.51. The van der Waals surface area contributed by atoms with Crippen LogP contribution < -0.4 is 10.5 Å². The highest BCUT2D eigenvalue weighted by atomic mass is 16.5. The van der Waals surface area contributed by atoms with E-state index in [0.717, 1.165) is 55.4 Å². The molecule has 108 valence electrons. The molecule has 0 aliphatic carbocycles. The van der Waals surface area contributed by atoms with Crippen LogP contribution in [-0.2, 0) is 6.54 Å². The summed E-state index contributed by atoms with van der Waals surface area (Å²) in [5.41, 5.74) is 8.50. The van der Waals surface area contributed by atoms with Gasteiger partial charge in [0.25, 0.3) is 6.01 Å². The predicted molar refractivity (Wildman–Crippen MR) is 78.7 cm³/mol. The fraction of sp³-hybridized carbons (Fsp3) is 0.533. The van der Waals surface area contributed by atoms with E-state index in [1.54, 1.807) is 0 Å². The zero-order chi connectivity index (χ0) is 13.9. The van der Waals surface area contributed by atoms with E-state index in [2.05, 4.69) is 9.55 Å². The summed E-state index contributed by atoms with van der Waals surface area (Å²) in [5.74, 6) is 0. The second-order valence-electron chi connectivity index (χ2n) is 5.42. The highest BCUT2D eigenvalue weighted by molar-refractivity contribution is 5.80. The van der Waals surface area contributed by atoms with Crippen molar-refractivity contribution in [3.63, 3.8) is 0 Å². The number of hydrogen-bond acceptors (Lipinski definition) is 4. The average Bonchev–Trinajstić information content (AvgIpc) is 2.95. The van der Waals surface area contributed by atoms with Crippen molar-refractivity contribution in [3.8, 4) is 6.01 Å². The van der Waals surface area contributed by atoms with E-state index in [0.29, 0.717) is 12.6 Å². The fourth-order valence-corrected chi connectivity index (χ4v) is 2.77. The monoisotopic (exact) mass is 275 g/mol. The molecular weight excluding hydrogens is 254 g/mol. The van der Waals surface area contributed by atoms with E-state index < -0.39 is 0 Å². The van der Waals surface area contributed by atoms with Crippen LogP contribution in [0.5, 0.6) is 6.01 Å². The van der Waals surface area contributed by atoms with Crippen LogP contribution in [0.4, 0.5) is 5.69 Å². The van der Waals surface area contributed by atoms with E-state index in [1.807, 2.05) is 18.2 Å². The number of aliphatic hydroxyl groups excluding tert-OH is 1. The molecule has 2 aromatic rings. The fourth-order valence-electron chi connectivity index (χ4n) is 2.77. The highest BCUT2D eigenvalue weighted by Gasteiger charge is 2.25. The molecule has 0 fully saturated rings. The standard InChI is InChI=1S/C15H21N3O2/c16-11-6-7-14-13(9-11)17-15-18(14)10-12(20-15)5-3-1-2-4-8-19/h6-7,9,12,19H,1-5,8,10,16H2. The third-order valence-corrected chi connectivity index (χ3v) is 3.83. The Morgan fingerprint density at radius 1 is 1.30 bits per heavy atom. The first-order chi connectivity index (χ1) is 9.78. The number of aliphatic hydroxyl groups is 1. The van der Waals surface area contributed by atoms with Crippen molar-refractivity contribution < 1.29 is 9.84 Å². The maximum Gasteiger partial charge on any atom is 0.297 e. The molecule has 0 saturated carbocycles. The molecule has 1 aromatic heterocycles. The second-order valence-corrected chi connectivity index (χ2v) is 5.42. The highest BCUT2D eigenvalue weighted by Crippen LogP contribution is 2.30. The van der Waals surface area contributed by atoms with Gasteiger partial charge in [0.15, 0.2) is 0 Å². The van der Waals surface area contributed by atoms with Gasteiger partial charge in [0.2, 0.25) is 0 Å². The molecule has 0 amide bonds. The molecule has 1 aliphatic heterocycles. The predicted octanol–water partition coefficient (Wildman–Crippen LogP) is 2.32. The molecule has 1 unspecified atom stereocenters. The number of nitrogens with two attached hydrogens (primary N) is 1. The lowest BCUT2D eigenvalue weighted by molar-refractivity contribution is 0.208. The lowest BCUT2D eigenvalue weighted by atomic mass is 10.1. The summed E-state index contributed by atoms with van der Waals surface area (Å²) < 4.78 is 8.03. The summed E-state index contributed by atoms with van der Waals surface area (Å²) in [6.07, 6.45) is 5.56. The zero-order valence-electron chi connectivity index (χ0n) is 11.6. The molecule has 5 nitrogen and oxygen atoms in total. The molecule has 2 heterocycles. The minimum Gasteiger partial charge on any atom is -0.459 e. The Morgan fingerprint density at radius 3 is 3.00 bits per heavy atom. The maximum absolute atomic E-state index is 8.74. The molecule has 0 saturated heterocycles. The van der Waals surface area contributed by atoms with Gasteiger partial charge in [-0.25, -0.2) is 0 Å². The van der Waals surface area contributed by atoms with Crippen LogP contribution in [0.2, 0.25) is 0 Å². The Bertz CT molecular complexity index is 594. The SMILES string of the molecule is Nc1ccc2c(c1)nc1n2CC(CCCCCCO)O1. The van der Waals surface area contributed by atoms with E-state index >= 15 is 0 Å². The van der Waals surface area contributed by atoms with Crippen LogP contribution >= 0.6 is 0 Å². The molecule has 1 aromatic carbocycles. The van der Waals surface area contributed by atoms with Crippen LogP contribution in [0.25, 0.3) is 11.0 Å². The first-order valence-electron chi connectivity index (χ1n) is 7.31. The zero-order valence-corrected chi connectivity index (χ0v) is 11.6. The van der Waals surface area contributed by atoms with Crippen LogP contribution in [0.3, 0.4) is 0 Å². The van der Waals surface area contributed by atoms with E-state index in [1.165, 1.54) is 0 Å². The van der Waals surface area contributed by atoms with Crippen molar-refractivity contribution in [2.45, 2.75) is 44.8 Å². The average molecular weight is 275 g/mol.